The van der Waals surface area contributed by atoms with Gasteiger partial charge in [-0.3, -0.25) is 0 Å². The molecule has 0 atom stereocenters. The van der Waals surface area contributed by atoms with Gasteiger partial charge >= 0.3 is 124 Å². The van der Waals surface area contributed by atoms with Crippen molar-refractivity contribution in [3.05, 3.63) is 0 Å². The summed E-state index contributed by atoms with van der Waals surface area (Å²) >= 11 is 0. The first-order valence-electron chi connectivity index (χ1n) is 0.783. The summed E-state index contributed by atoms with van der Waals surface area (Å²) in [7, 11) is -4.64. The summed E-state index contributed by atoms with van der Waals surface area (Å²) in [6, 6.07) is 0. The van der Waals surface area contributed by atoms with E-state index in [0.717, 1.165) is 0 Å². The van der Waals surface area contributed by atoms with Gasteiger partial charge in [-0.2, -0.15) is 0 Å². The van der Waals surface area contributed by atoms with Crippen LogP contribution in [0.2, 0.25) is 0 Å². The minimum atomic E-state index is -4.64. The Hall–Kier alpha value is 3.72. The molecule has 0 radical (unpaired) electrons. The molecule has 0 heterocycles. The van der Waals surface area contributed by atoms with Crippen LogP contribution < -0.4 is 116 Å². The Bertz CT molecular complexity index is 62.7. The first-order chi connectivity index (χ1) is 2.00. The number of phosphoric acid groups is 1. The normalized spacial score (nSPS) is 8.43. The Balaban J connectivity index is -0.0000000133. The molecule has 7 heteroatoms. The molecule has 0 amide bonds. The second kappa shape index (κ2) is 7.82. The van der Waals surface area contributed by atoms with Crippen molar-refractivity contribution in [2.45, 2.75) is 0 Å². The minimum absolute atomic E-state index is 0. The van der Waals surface area contributed by atoms with E-state index in [9.17, 15) is 0 Å². The van der Waals surface area contributed by atoms with Crippen LogP contribution in [0, 0.1) is 0 Å². The molecule has 4 nitrogen and oxygen atoms in total. The molecule has 0 aliphatic heterocycles. The second-order valence-electron chi connectivity index (χ2n) is 0.513. The van der Waals surface area contributed by atoms with Crippen molar-refractivity contribution in [3.8, 4) is 0 Å². The summed E-state index contributed by atoms with van der Waals surface area (Å²) in [5, 5.41) is 0. The van der Waals surface area contributed by atoms with Crippen LogP contribution in [0.5, 0.6) is 0 Å². The molecular formula is H5O4PRb2. The zero-order valence-corrected chi connectivity index (χ0v) is 14.9. The van der Waals surface area contributed by atoms with Crippen LogP contribution in [0.1, 0.15) is 2.85 Å². The average molecular weight is 271 g/mol. The topological polar surface area (TPSA) is 77.8 Å². The summed E-state index contributed by atoms with van der Waals surface area (Å²) in [4.78, 5) is 21.6. The summed E-state index contributed by atoms with van der Waals surface area (Å²) in [5.41, 5.74) is 0. The third kappa shape index (κ3) is 41.9. The molecule has 0 saturated carbocycles. The third-order valence-electron chi connectivity index (χ3n) is 0. The Labute approximate surface area is 142 Å². The van der Waals surface area contributed by atoms with Crippen LogP contribution in [0.4, 0.5) is 0 Å². The van der Waals surface area contributed by atoms with Crippen LogP contribution in [0.15, 0.2) is 0 Å². The first-order valence-corrected chi connectivity index (χ1v) is 2.35. The summed E-state index contributed by atoms with van der Waals surface area (Å²) in [6.45, 7) is 0. The van der Waals surface area contributed by atoms with E-state index < -0.39 is 7.82 Å². The minimum Gasteiger partial charge on any atom is -1.00 e. The molecule has 0 aromatic carbocycles. The van der Waals surface area contributed by atoms with Gasteiger partial charge in [0.25, 0.3) is 0 Å². The summed E-state index contributed by atoms with van der Waals surface area (Å²) in [6.07, 6.45) is 0. The van der Waals surface area contributed by atoms with E-state index in [0.29, 0.717) is 0 Å². The molecule has 0 aromatic heterocycles. The maximum atomic E-state index is 8.88. The van der Waals surface area contributed by atoms with Crippen LogP contribution in [0.3, 0.4) is 0 Å². The van der Waals surface area contributed by atoms with Gasteiger partial charge in [-0.15, -0.1) is 0 Å². The van der Waals surface area contributed by atoms with E-state index in [2.05, 4.69) is 0 Å². The monoisotopic (exact) mass is 270 g/mol. The maximum absolute atomic E-state index is 8.88. The predicted molar refractivity (Wildman–Crippen MR) is 16.5 cm³/mol. The van der Waals surface area contributed by atoms with Crippen molar-refractivity contribution in [2.24, 2.45) is 0 Å². The van der Waals surface area contributed by atoms with E-state index in [1.54, 1.807) is 0 Å². The number of hydrogen-bond acceptors (Lipinski definition) is 1. The van der Waals surface area contributed by atoms with Crippen molar-refractivity contribution in [1.29, 1.82) is 0 Å². The van der Waals surface area contributed by atoms with E-state index in [4.69, 9.17) is 19.2 Å². The molecule has 36 valence electrons. The van der Waals surface area contributed by atoms with Crippen molar-refractivity contribution in [3.63, 3.8) is 0 Å². The van der Waals surface area contributed by atoms with E-state index in [1.165, 1.54) is 0 Å². The molecule has 0 rings (SSSR count). The molecular weight excluding hydrogens is 266 g/mol. The molecule has 0 aliphatic rings. The Morgan fingerprint density at radius 2 is 1.14 bits per heavy atom. The van der Waals surface area contributed by atoms with Gasteiger partial charge in [-0.25, -0.2) is 4.57 Å². The van der Waals surface area contributed by atoms with Crippen molar-refractivity contribution in [2.75, 3.05) is 0 Å². The van der Waals surface area contributed by atoms with Crippen molar-refractivity contribution >= 4 is 7.82 Å². The predicted octanol–water partition coefficient (Wildman–Crippen LogP) is -6.70. The Morgan fingerprint density at radius 1 is 1.14 bits per heavy atom. The van der Waals surface area contributed by atoms with Gasteiger partial charge in [0.2, 0.25) is 0 Å². The van der Waals surface area contributed by atoms with Gasteiger partial charge in [0.1, 0.15) is 0 Å². The summed E-state index contributed by atoms with van der Waals surface area (Å²) < 4.78 is 8.88. The van der Waals surface area contributed by atoms with Gasteiger partial charge in [-0.05, 0) is 0 Å². The third-order valence-corrected chi connectivity index (χ3v) is 0. The molecule has 0 aromatic rings. The molecule has 0 saturated heterocycles. The van der Waals surface area contributed by atoms with Crippen molar-refractivity contribution < 1.29 is 138 Å². The number of hydrogen-bond donors (Lipinski definition) is 3. The fourth-order valence-corrected chi connectivity index (χ4v) is 0. The SMILES string of the molecule is O=P(O)(O)O.[H-].[H-].[Rb+].[Rb+]. The van der Waals surface area contributed by atoms with E-state index >= 15 is 0 Å². The van der Waals surface area contributed by atoms with Crippen LogP contribution in [0.25, 0.3) is 0 Å². The second-order valence-corrected chi connectivity index (χ2v) is 1.54. The van der Waals surface area contributed by atoms with Gasteiger partial charge in [-0.1, -0.05) is 0 Å². The van der Waals surface area contributed by atoms with Crippen molar-refractivity contribution in [1.82, 2.24) is 0 Å². The quantitative estimate of drug-likeness (QED) is 0.383. The average Bonchev–Trinajstić information content (AvgIpc) is 0.722. The molecule has 0 aliphatic carbocycles. The molecule has 0 fully saturated rings. The largest absolute Gasteiger partial charge is 1.00 e. The van der Waals surface area contributed by atoms with Gasteiger partial charge < -0.3 is 17.5 Å². The zero-order chi connectivity index (χ0) is 4.50. The standard InChI is InChI=1S/H3O4P.2Rb.2H/c1-5(2,3)4;;;;/h(H3,1,2,3,4);;;;/q;2*+1;2*-1. The smallest absolute Gasteiger partial charge is 1.00 e. The molecule has 0 spiro atoms. The Morgan fingerprint density at radius 3 is 1.14 bits per heavy atom. The fraction of sp³-hybridized carbons (Fsp3) is 0. The van der Waals surface area contributed by atoms with Gasteiger partial charge in [0.15, 0.2) is 0 Å². The Kier molecular flexibility index (Phi) is 19.0. The maximum Gasteiger partial charge on any atom is 1.00 e. The van der Waals surface area contributed by atoms with Crippen LogP contribution >= 0.6 is 7.82 Å². The first kappa shape index (κ1) is 17.0. The molecule has 0 bridgehead atoms. The van der Waals surface area contributed by atoms with Gasteiger partial charge in [0, 0.05) is 0 Å². The van der Waals surface area contributed by atoms with E-state index in [-0.39, 0.29) is 119 Å². The molecule has 7 heavy (non-hydrogen) atoms. The molecule has 0 unspecified atom stereocenters. The van der Waals surface area contributed by atoms with Gasteiger partial charge in [0.05, 0.1) is 0 Å². The summed E-state index contributed by atoms with van der Waals surface area (Å²) in [5.74, 6) is 0. The zero-order valence-electron chi connectivity index (χ0n) is 6.20. The number of rotatable bonds is 0. The fourth-order valence-electron chi connectivity index (χ4n) is 0. The van der Waals surface area contributed by atoms with E-state index in [1.807, 2.05) is 0 Å². The van der Waals surface area contributed by atoms with Crippen LogP contribution in [-0.2, 0) is 4.57 Å². The van der Waals surface area contributed by atoms with Crippen LogP contribution in [-0.4, -0.2) is 14.7 Å². The molecule has 3 N–H and O–H groups in total.